The maximum absolute atomic E-state index is 14.0. The first-order valence-corrected chi connectivity index (χ1v) is 18.0. The summed E-state index contributed by atoms with van der Waals surface area (Å²) in [6.07, 6.45) is -1.13. The Morgan fingerprint density at radius 3 is 1.96 bits per heavy atom. The highest BCUT2D eigenvalue weighted by molar-refractivity contribution is 8.05. The number of alkyl halides is 6. The number of aromatic nitrogens is 4. The van der Waals surface area contributed by atoms with Gasteiger partial charge in [0.2, 0.25) is 5.16 Å². The van der Waals surface area contributed by atoms with Crippen molar-refractivity contribution in [1.29, 1.82) is 0 Å². The van der Waals surface area contributed by atoms with E-state index in [0.717, 1.165) is 11.8 Å². The fraction of sp³-hybridized carbons (Fsp3) is 0.320. The van der Waals surface area contributed by atoms with Gasteiger partial charge in [-0.15, -0.1) is 16.9 Å². The molecular formula is C25H20F6N6O7S4. The molecule has 1 aromatic heterocycles. The van der Waals surface area contributed by atoms with E-state index in [1.54, 1.807) is 60.7 Å². The predicted molar refractivity (Wildman–Crippen MR) is 156 cm³/mol. The van der Waals surface area contributed by atoms with Crippen LogP contribution < -0.4 is 0 Å². The summed E-state index contributed by atoms with van der Waals surface area (Å²) in [4.78, 5) is 27.9. The molecule has 0 aliphatic carbocycles. The number of esters is 1. The number of thioether (sulfide) groups is 2. The van der Waals surface area contributed by atoms with Crippen LogP contribution in [-0.4, -0.2) is 91.5 Å². The number of aryl methyl sites for hydroxylation is 1. The van der Waals surface area contributed by atoms with Crippen LogP contribution in [0.1, 0.15) is 17.2 Å². The predicted octanol–water partition coefficient (Wildman–Crippen LogP) is 3.17. The normalized spacial score (nSPS) is 19.0. The number of fused-ring (bicyclic) bond motifs is 1. The molecule has 258 valence electrons. The van der Waals surface area contributed by atoms with Crippen molar-refractivity contribution in [3.8, 4) is 0 Å². The van der Waals surface area contributed by atoms with Crippen molar-refractivity contribution < 1.29 is 57.5 Å². The lowest BCUT2D eigenvalue weighted by Gasteiger charge is -2.51. The topological polar surface area (TPSA) is 162 Å². The molecule has 1 saturated heterocycles. The van der Waals surface area contributed by atoms with Crippen molar-refractivity contribution >= 4 is 55.4 Å². The van der Waals surface area contributed by atoms with Crippen LogP contribution in [0.2, 0.25) is 0 Å². The third-order valence-electron chi connectivity index (χ3n) is 6.88. The van der Waals surface area contributed by atoms with E-state index in [1.807, 2.05) is 0 Å². The molecule has 3 aromatic rings. The van der Waals surface area contributed by atoms with Gasteiger partial charge >= 0.3 is 37.0 Å². The van der Waals surface area contributed by atoms with Crippen molar-refractivity contribution in [3.05, 3.63) is 83.1 Å². The highest BCUT2D eigenvalue weighted by atomic mass is 32.3. The van der Waals surface area contributed by atoms with E-state index in [2.05, 4.69) is 15.5 Å². The van der Waals surface area contributed by atoms with Gasteiger partial charge in [0.1, 0.15) is 11.1 Å². The highest BCUT2D eigenvalue weighted by Gasteiger charge is 2.70. The third-order valence-corrected chi connectivity index (χ3v) is 13.1. The average Bonchev–Trinajstić information content (AvgIpc) is 3.44. The van der Waals surface area contributed by atoms with E-state index in [9.17, 15) is 52.8 Å². The molecule has 2 aliphatic heterocycles. The molecule has 1 unspecified atom stereocenters. The number of nitrogens with zero attached hydrogens (tertiary/aromatic N) is 6. The average molecular weight is 759 g/mol. The van der Waals surface area contributed by atoms with E-state index in [1.165, 1.54) is 11.7 Å². The Balaban J connectivity index is 1.58. The van der Waals surface area contributed by atoms with Crippen LogP contribution in [-0.2, 0) is 41.4 Å². The number of ether oxygens (including phenoxy) is 1. The van der Waals surface area contributed by atoms with Crippen molar-refractivity contribution in [3.63, 3.8) is 0 Å². The van der Waals surface area contributed by atoms with E-state index >= 15 is 0 Å². The Morgan fingerprint density at radius 1 is 0.979 bits per heavy atom. The number of sulfonamides is 2. The molecule has 0 bridgehead atoms. The second-order valence-electron chi connectivity index (χ2n) is 9.91. The van der Waals surface area contributed by atoms with E-state index in [0.29, 0.717) is 27.8 Å². The van der Waals surface area contributed by atoms with Crippen LogP contribution >= 0.6 is 23.5 Å². The first-order valence-electron chi connectivity index (χ1n) is 13.1. The first-order chi connectivity index (χ1) is 22.4. The van der Waals surface area contributed by atoms with Gasteiger partial charge in [0.05, 0.1) is 0 Å². The number of tetrazole rings is 1. The minimum atomic E-state index is -7.31. The summed E-state index contributed by atoms with van der Waals surface area (Å²) in [5.74, 6) is -3.61. The molecule has 2 atom stereocenters. The molecule has 0 saturated carbocycles. The lowest BCUT2D eigenvalue weighted by Crippen LogP contribution is -2.73. The van der Waals surface area contributed by atoms with Gasteiger partial charge < -0.3 is 4.74 Å². The van der Waals surface area contributed by atoms with Gasteiger partial charge in [-0.05, 0) is 27.1 Å². The van der Waals surface area contributed by atoms with Crippen LogP contribution in [0, 0.1) is 0 Å². The summed E-state index contributed by atoms with van der Waals surface area (Å²) < 4.78 is 136. The molecule has 3 heterocycles. The SMILES string of the molecule is Cn1nnnc1SCC1=C(C(=O)OC(c2ccccc2)c2ccccc2)N2C(=O)C(N(S(=O)(=O)C(F)(F)F)S(=O)(=O)C(F)(F)F)[C@@H]2SC1. The molecule has 48 heavy (non-hydrogen) atoms. The van der Waals surface area contributed by atoms with Gasteiger partial charge in [0.25, 0.3) is 5.91 Å². The fourth-order valence-electron chi connectivity index (χ4n) is 4.70. The zero-order valence-electron chi connectivity index (χ0n) is 23.9. The number of rotatable bonds is 10. The summed E-state index contributed by atoms with van der Waals surface area (Å²) in [6, 6.07) is 13.4. The lowest BCUT2D eigenvalue weighted by atomic mass is 10.0. The van der Waals surface area contributed by atoms with Gasteiger partial charge in [-0.25, -0.2) is 26.3 Å². The molecule has 5 rings (SSSR count). The molecule has 23 heteroatoms. The number of carbonyl (C=O) groups is 2. The molecule has 2 aliphatic rings. The molecule has 1 fully saturated rings. The van der Waals surface area contributed by atoms with Gasteiger partial charge in [-0.2, -0.15) is 26.3 Å². The van der Waals surface area contributed by atoms with Gasteiger partial charge in [0, 0.05) is 18.6 Å². The Morgan fingerprint density at radius 2 is 1.50 bits per heavy atom. The largest absolute Gasteiger partial charge is 0.512 e. The Labute approximate surface area is 276 Å². The summed E-state index contributed by atoms with van der Waals surface area (Å²) in [5, 5.41) is 9.13. The van der Waals surface area contributed by atoms with Crippen LogP contribution in [0.4, 0.5) is 26.3 Å². The molecule has 13 nitrogen and oxygen atoms in total. The van der Waals surface area contributed by atoms with Crippen LogP contribution in [0.5, 0.6) is 0 Å². The second kappa shape index (κ2) is 13.0. The van der Waals surface area contributed by atoms with E-state index in [4.69, 9.17) is 4.74 Å². The number of halogens is 6. The smallest absolute Gasteiger partial charge is 0.448 e. The van der Waals surface area contributed by atoms with Gasteiger partial charge in [-0.1, -0.05) is 76.1 Å². The summed E-state index contributed by atoms with van der Waals surface area (Å²) in [5.41, 5.74) is -12.7. The Bertz CT molecular complexity index is 1880. The van der Waals surface area contributed by atoms with Crippen molar-refractivity contribution in [2.75, 3.05) is 11.5 Å². The minimum Gasteiger partial charge on any atom is -0.448 e. The maximum atomic E-state index is 14.0. The number of β-lactam (4-membered cyclic amide) rings is 1. The van der Waals surface area contributed by atoms with Crippen LogP contribution in [0.3, 0.4) is 0 Å². The summed E-state index contributed by atoms with van der Waals surface area (Å²) >= 11 is 1.41. The molecular weight excluding hydrogens is 739 g/mol. The monoisotopic (exact) mass is 758 g/mol. The second-order valence-corrected chi connectivity index (χ2v) is 15.8. The standard InChI is InChI=1S/C25H20F6N6O7S4/c1-35-23(32-33-34-35)46-13-16-12-45-21-18(37(47(40,41)24(26,27)28)48(42,43)25(29,30)31)20(38)36(21)17(16)22(39)44-19(14-8-4-2-5-9-14)15-10-6-3-7-11-15/h2-11,18-19,21H,12-13H2,1H3/t18?,21-/m0/s1. The van der Waals surface area contributed by atoms with E-state index < -0.39 is 69.9 Å². The summed E-state index contributed by atoms with van der Waals surface area (Å²) in [7, 11) is -13.1. The third kappa shape index (κ3) is 6.40. The Hall–Kier alpha value is -3.67. The number of hydrogen-bond donors (Lipinski definition) is 0. The number of carbonyl (C=O) groups excluding carboxylic acids is 2. The molecule has 0 spiro atoms. The fourth-order valence-corrected chi connectivity index (χ4v) is 10.2. The van der Waals surface area contributed by atoms with Crippen molar-refractivity contribution in [2.45, 2.75) is 33.7 Å². The lowest BCUT2D eigenvalue weighted by molar-refractivity contribution is -0.155. The number of hydrogen-bond acceptors (Lipinski definition) is 12. The van der Waals surface area contributed by atoms with Gasteiger partial charge in [0.15, 0.2) is 12.1 Å². The summed E-state index contributed by atoms with van der Waals surface area (Å²) in [6.45, 7) is 0. The van der Waals surface area contributed by atoms with E-state index in [-0.39, 0.29) is 22.2 Å². The quantitative estimate of drug-likeness (QED) is 0.129. The van der Waals surface area contributed by atoms with Crippen molar-refractivity contribution in [2.24, 2.45) is 7.05 Å². The molecule has 0 N–H and O–H groups in total. The minimum absolute atomic E-state index is 0.0878. The molecule has 0 radical (unpaired) electrons. The van der Waals surface area contributed by atoms with Crippen LogP contribution in [0.25, 0.3) is 0 Å². The maximum Gasteiger partial charge on any atom is 0.512 e. The zero-order valence-corrected chi connectivity index (χ0v) is 27.1. The first kappa shape index (κ1) is 35.6. The highest BCUT2D eigenvalue weighted by Crippen LogP contribution is 2.48. The molecule has 2 aromatic carbocycles. The zero-order chi connectivity index (χ0) is 35.2. The molecule has 1 amide bonds. The number of benzene rings is 2. The van der Waals surface area contributed by atoms with Crippen LogP contribution in [0.15, 0.2) is 77.1 Å². The Kier molecular flexibility index (Phi) is 9.64. The van der Waals surface area contributed by atoms with Gasteiger partial charge in [-0.3, -0.25) is 9.69 Å². The number of amides is 1. The van der Waals surface area contributed by atoms with Crippen molar-refractivity contribution in [1.82, 2.24) is 28.8 Å².